The smallest absolute Gasteiger partial charge is 0.289 e. The van der Waals surface area contributed by atoms with Crippen molar-refractivity contribution in [3.8, 4) is 22.3 Å². The van der Waals surface area contributed by atoms with Crippen molar-refractivity contribution in [1.29, 1.82) is 0 Å². The van der Waals surface area contributed by atoms with Crippen molar-refractivity contribution >= 4 is 34.3 Å². The molecule has 0 atom stereocenters. The maximum Gasteiger partial charge on any atom is 0.289 e. The van der Waals surface area contributed by atoms with Gasteiger partial charge in [-0.25, -0.2) is 4.98 Å². The minimum Gasteiger partial charge on any atom is -0.447 e. The number of aromatic nitrogens is 1. The van der Waals surface area contributed by atoms with Crippen molar-refractivity contribution in [3.63, 3.8) is 0 Å². The Morgan fingerprint density at radius 2 is 1.51 bits per heavy atom. The minimum atomic E-state index is -0.419. The van der Waals surface area contributed by atoms with Gasteiger partial charge < -0.3 is 20.8 Å². The standard InChI is InChI=1S/C28H22N4O3/c1-30-28(34)26-24(29)25-23(35-26)15-21(16-31-25)19-8-5-9-20(14-19)27(33)32-22-12-10-18(11-13-22)17-6-3-2-4-7-17/h2-16H,29H2,1H3,(H,30,34)(H,32,33). The molecule has 0 unspecified atom stereocenters. The van der Waals surface area contributed by atoms with Crippen molar-refractivity contribution < 1.29 is 14.0 Å². The Hall–Kier alpha value is -4.91. The average molecular weight is 463 g/mol. The molecule has 0 aliphatic heterocycles. The Balaban J connectivity index is 1.37. The maximum absolute atomic E-state index is 12.9. The molecule has 5 aromatic rings. The van der Waals surface area contributed by atoms with Gasteiger partial charge in [0.15, 0.2) is 5.58 Å². The molecule has 35 heavy (non-hydrogen) atoms. The van der Waals surface area contributed by atoms with Crippen molar-refractivity contribution in [2.45, 2.75) is 0 Å². The number of hydrogen-bond donors (Lipinski definition) is 3. The maximum atomic E-state index is 12.9. The van der Waals surface area contributed by atoms with Crippen LogP contribution in [0.15, 0.2) is 95.5 Å². The number of nitrogens with zero attached hydrogens (tertiary/aromatic N) is 1. The molecule has 0 radical (unpaired) electrons. The normalized spacial score (nSPS) is 10.8. The predicted molar refractivity (Wildman–Crippen MR) is 137 cm³/mol. The van der Waals surface area contributed by atoms with Crippen molar-refractivity contribution in [2.24, 2.45) is 0 Å². The van der Waals surface area contributed by atoms with Gasteiger partial charge in [0.05, 0.1) is 0 Å². The number of fused-ring (bicyclic) bond motifs is 1. The first kappa shape index (κ1) is 21.9. The highest BCUT2D eigenvalue weighted by atomic mass is 16.3. The lowest BCUT2D eigenvalue weighted by Crippen LogP contribution is -2.18. The van der Waals surface area contributed by atoms with Crippen LogP contribution >= 0.6 is 0 Å². The predicted octanol–water partition coefficient (Wildman–Crippen LogP) is 5.36. The van der Waals surface area contributed by atoms with E-state index in [2.05, 4.69) is 15.6 Å². The molecule has 0 spiro atoms. The number of pyridine rings is 1. The lowest BCUT2D eigenvalue weighted by molar-refractivity contribution is 0.0938. The van der Waals surface area contributed by atoms with Crippen LogP contribution in [0.1, 0.15) is 20.9 Å². The number of furan rings is 1. The van der Waals surface area contributed by atoms with Gasteiger partial charge in [-0.05, 0) is 47.0 Å². The molecular weight excluding hydrogens is 440 g/mol. The van der Waals surface area contributed by atoms with E-state index in [0.29, 0.717) is 22.4 Å². The summed E-state index contributed by atoms with van der Waals surface area (Å²) < 4.78 is 5.63. The van der Waals surface area contributed by atoms with E-state index in [1.165, 1.54) is 7.05 Å². The van der Waals surface area contributed by atoms with Gasteiger partial charge >= 0.3 is 0 Å². The zero-order valence-electron chi connectivity index (χ0n) is 18.9. The van der Waals surface area contributed by atoms with Crippen LogP contribution < -0.4 is 16.4 Å². The summed E-state index contributed by atoms with van der Waals surface area (Å²) in [6.45, 7) is 0. The van der Waals surface area contributed by atoms with Crippen LogP contribution in [0.4, 0.5) is 11.4 Å². The van der Waals surface area contributed by atoms with Crippen molar-refractivity contribution in [3.05, 3.63) is 102 Å². The van der Waals surface area contributed by atoms with Crippen LogP contribution in [0.3, 0.4) is 0 Å². The Kier molecular flexibility index (Phi) is 5.73. The Labute approximate surface area is 201 Å². The van der Waals surface area contributed by atoms with E-state index in [0.717, 1.165) is 22.3 Å². The van der Waals surface area contributed by atoms with Crippen molar-refractivity contribution in [2.75, 3.05) is 18.1 Å². The summed E-state index contributed by atoms with van der Waals surface area (Å²) in [5.41, 5.74) is 11.9. The fourth-order valence-electron chi connectivity index (χ4n) is 3.86. The van der Waals surface area contributed by atoms with Gasteiger partial charge in [-0.2, -0.15) is 0 Å². The van der Waals surface area contributed by atoms with E-state index in [9.17, 15) is 9.59 Å². The molecule has 0 aliphatic rings. The lowest BCUT2D eigenvalue weighted by atomic mass is 10.0. The van der Waals surface area contributed by atoms with Gasteiger partial charge in [-0.15, -0.1) is 0 Å². The van der Waals surface area contributed by atoms with Crippen LogP contribution in [0.2, 0.25) is 0 Å². The summed E-state index contributed by atoms with van der Waals surface area (Å²) in [5, 5.41) is 5.44. The molecule has 4 N–H and O–H groups in total. The number of hydrogen-bond acceptors (Lipinski definition) is 5. The fourth-order valence-corrected chi connectivity index (χ4v) is 3.86. The summed E-state index contributed by atoms with van der Waals surface area (Å²) in [4.78, 5) is 29.2. The number of anilines is 2. The van der Waals surface area contributed by atoms with Crippen molar-refractivity contribution in [1.82, 2.24) is 10.3 Å². The first-order valence-corrected chi connectivity index (χ1v) is 11.0. The van der Waals surface area contributed by atoms with Crippen LogP contribution in [0.5, 0.6) is 0 Å². The van der Waals surface area contributed by atoms with E-state index < -0.39 is 5.91 Å². The first-order chi connectivity index (χ1) is 17.0. The third kappa shape index (κ3) is 4.35. The number of benzene rings is 3. The molecule has 7 heteroatoms. The summed E-state index contributed by atoms with van der Waals surface area (Å²) >= 11 is 0. The summed E-state index contributed by atoms with van der Waals surface area (Å²) in [5.74, 6) is -0.617. The number of carbonyl (C=O) groups excluding carboxylic acids is 2. The van der Waals surface area contributed by atoms with Gasteiger partial charge in [0.1, 0.15) is 11.2 Å². The SMILES string of the molecule is CNC(=O)c1oc2cc(-c3cccc(C(=O)Nc4ccc(-c5ccccc5)cc4)c3)cnc2c1N. The van der Waals surface area contributed by atoms with Gasteiger partial charge in [0.2, 0.25) is 5.76 Å². The molecule has 0 fully saturated rings. The molecule has 172 valence electrons. The van der Waals surface area contributed by atoms with Gasteiger partial charge in [-0.1, -0.05) is 54.6 Å². The van der Waals surface area contributed by atoms with Crippen LogP contribution in [-0.2, 0) is 0 Å². The molecule has 0 saturated carbocycles. The first-order valence-electron chi connectivity index (χ1n) is 11.0. The average Bonchev–Trinajstić information content (AvgIpc) is 3.25. The third-order valence-corrected chi connectivity index (χ3v) is 5.71. The number of nitrogen functional groups attached to an aromatic ring is 1. The van der Waals surface area contributed by atoms with Crippen LogP contribution in [0, 0.1) is 0 Å². The second-order valence-electron chi connectivity index (χ2n) is 7.97. The number of nitrogens with one attached hydrogen (secondary N) is 2. The Bertz CT molecular complexity index is 1540. The second kappa shape index (κ2) is 9.15. The quantitative estimate of drug-likeness (QED) is 0.326. The minimum absolute atomic E-state index is 0.0264. The largest absolute Gasteiger partial charge is 0.447 e. The fraction of sp³-hybridized carbons (Fsp3) is 0.0357. The number of amides is 2. The van der Waals surface area contributed by atoms with E-state index in [-0.39, 0.29) is 17.4 Å². The van der Waals surface area contributed by atoms with Crippen LogP contribution in [-0.4, -0.2) is 23.8 Å². The third-order valence-electron chi connectivity index (χ3n) is 5.71. The van der Waals surface area contributed by atoms with E-state index in [4.69, 9.17) is 10.2 Å². The van der Waals surface area contributed by atoms with Gasteiger partial charge in [0, 0.05) is 30.1 Å². The molecular formula is C28H22N4O3. The zero-order valence-corrected chi connectivity index (χ0v) is 18.9. The molecule has 2 aromatic heterocycles. The van der Waals surface area contributed by atoms with E-state index >= 15 is 0 Å². The summed E-state index contributed by atoms with van der Waals surface area (Å²) in [7, 11) is 1.50. The number of nitrogens with two attached hydrogens (primary N) is 1. The van der Waals surface area contributed by atoms with E-state index in [1.807, 2.05) is 60.7 Å². The highest BCUT2D eigenvalue weighted by molar-refractivity contribution is 6.06. The molecule has 0 saturated heterocycles. The Morgan fingerprint density at radius 3 is 2.26 bits per heavy atom. The highest BCUT2D eigenvalue weighted by Gasteiger charge is 2.19. The number of carbonyl (C=O) groups is 2. The summed E-state index contributed by atoms with van der Waals surface area (Å²) in [6.07, 6.45) is 1.64. The Morgan fingerprint density at radius 1 is 0.800 bits per heavy atom. The molecule has 2 heterocycles. The molecule has 0 aliphatic carbocycles. The monoisotopic (exact) mass is 462 g/mol. The summed E-state index contributed by atoms with van der Waals surface area (Å²) in [6, 6.07) is 26.7. The topological polar surface area (TPSA) is 110 Å². The molecule has 5 rings (SSSR count). The second-order valence-corrected chi connectivity index (χ2v) is 7.97. The zero-order chi connectivity index (χ0) is 24.4. The molecule has 2 amide bonds. The molecule has 0 bridgehead atoms. The molecule has 3 aromatic carbocycles. The van der Waals surface area contributed by atoms with Gasteiger partial charge in [-0.3, -0.25) is 9.59 Å². The molecule has 7 nitrogen and oxygen atoms in total. The number of rotatable bonds is 5. The lowest BCUT2D eigenvalue weighted by Gasteiger charge is -2.08. The van der Waals surface area contributed by atoms with Crippen LogP contribution in [0.25, 0.3) is 33.4 Å². The van der Waals surface area contributed by atoms with E-state index in [1.54, 1.807) is 30.5 Å². The highest BCUT2D eigenvalue weighted by Crippen LogP contribution is 2.30. The van der Waals surface area contributed by atoms with Gasteiger partial charge in [0.25, 0.3) is 11.8 Å².